The van der Waals surface area contributed by atoms with Crippen molar-refractivity contribution in [3.05, 3.63) is 70.8 Å². The molecule has 7 nitrogen and oxygen atoms in total. The number of benzene rings is 3. The Morgan fingerprint density at radius 2 is 1.88 bits per heavy atom. The molecule has 0 unspecified atom stereocenters. The summed E-state index contributed by atoms with van der Waals surface area (Å²) in [4.78, 5) is 17.2. The molecule has 4 aromatic rings. The lowest BCUT2D eigenvalue weighted by atomic mass is 10.1. The maximum absolute atomic E-state index is 12.7. The van der Waals surface area contributed by atoms with Gasteiger partial charge in [-0.15, -0.1) is 0 Å². The number of methoxy groups -OCH3 is 1. The van der Waals surface area contributed by atoms with E-state index in [0.717, 1.165) is 22.2 Å². The highest BCUT2D eigenvalue weighted by atomic mass is 32.1. The Morgan fingerprint density at radius 3 is 2.64 bits per heavy atom. The van der Waals surface area contributed by atoms with Gasteiger partial charge in [-0.2, -0.15) is 0 Å². The fourth-order valence-corrected chi connectivity index (χ4v) is 3.92. The smallest absolute Gasteiger partial charge is 0.261 e. The highest BCUT2D eigenvalue weighted by Crippen LogP contribution is 2.34. The van der Waals surface area contributed by atoms with Crippen LogP contribution in [0.25, 0.3) is 22.6 Å². The van der Waals surface area contributed by atoms with Crippen molar-refractivity contribution in [2.75, 3.05) is 12.4 Å². The van der Waals surface area contributed by atoms with E-state index in [-0.39, 0.29) is 10.9 Å². The van der Waals surface area contributed by atoms with Gasteiger partial charge < -0.3 is 19.6 Å². The second-order valence-corrected chi connectivity index (χ2v) is 8.15. The van der Waals surface area contributed by atoms with Crippen LogP contribution < -0.4 is 15.4 Å². The zero-order valence-electron chi connectivity index (χ0n) is 18.6. The molecule has 0 aliphatic carbocycles. The van der Waals surface area contributed by atoms with Crippen molar-refractivity contribution in [2.45, 2.75) is 20.8 Å². The Morgan fingerprint density at radius 1 is 1.09 bits per heavy atom. The van der Waals surface area contributed by atoms with E-state index >= 15 is 0 Å². The number of ether oxygens (including phenoxy) is 1. The number of hydrogen-bond donors (Lipinski definition) is 3. The maximum atomic E-state index is 12.7. The summed E-state index contributed by atoms with van der Waals surface area (Å²) in [7, 11) is 1.52. The average molecular weight is 462 g/mol. The quantitative estimate of drug-likeness (QED) is 0.282. The third-order valence-corrected chi connectivity index (χ3v) is 5.40. The summed E-state index contributed by atoms with van der Waals surface area (Å²) in [6, 6.07) is 14.1. The highest BCUT2D eigenvalue weighted by Gasteiger charge is 2.17. The zero-order chi connectivity index (χ0) is 23.7. The molecular formula is C25H23N3O4S. The Bertz CT molecular complexity index is 1390. The third kappa shape index (κ3) is 4.51. The van der Waals surface area contributed by atoms with E-state index < -0.39 is 5.91 Å². The number of fused-ring (bicyclic) bond motifs is 1. The Balaban J connectivity index is 1.56. The molecule has 1 aromatic heterocycles. The van der Waals surface area contributed by atoms with E-state index in [1.165, 1.54) is 13.2 Å². The van der Waals surface area contributed by atoms with Gasteiger partial charge in [-0.1, -0.05) is 18.2 Å². The lowest BCUT2D eigenvalue weighted by molar-refractivity contribution is 0.0974. The monoisotopic (exact) mass is 461 g/mol. The molecule has 1 amide bonds. The Hall–Kier alpha value is -3.91. The molecule has 0 spiro atoms. The van der Waals surface area contributed by atoms with Crippen LogP contribution in [0.5, 0.6) is 11.5 Å². The number of aryl methyl sites for hydroxylation is 3. The van der Waals surface area contributed by atoms with Gasteiger partial charge in [-0.05, 0) is 80.0 Å². The molecule has 0 atom stereocenters. The molecule has 0 radical (unpaired) electrons. The number of carbonyl (C=O) groups excluding carboxylic acids is 1. The van der Waals surface area contributed by atoms with Crippen LogP contribution in [0.3, 0.4) is 0 Å². The lowest BCUT2D eigenvalue weighted by Crippen LogP contribution is -2.34. The number of anilines is 1. The molecule has 0 saturated heterocycles. The molecule has 0 saturated carbocycles. The summed E-state index contributed by atoms with van der Waals surface area (Å²) in [5.74, 6) is 0.406. The molecular weight excluding hydrogens is 438 g/mol. The topological polar surface area (TPSA) is 96.6 Å². The number of phenols is 1. The summed E-state index contributed by atoms with van der Waals surface area (Å²) in [5, 5.41) is 16.1. The van der Waals surface area contributed by atoms with Crippen molar-refractivity contribution in [1.82, 2.24) is 10.3 Å². The van der Waals surface area contributed by atoms with Crippen LogP contribution in [0.2, 0.25) is 0 Å². The number of amides is 1. The van der Waals surface area contributed by atoms with Crippen molar-refractivity contribution in [2.24, 2.45) is 0 Å². The zero-order valence-corrected chi connectivity index (χ0v) is 19.5. The molecule has 1 heterocycles. The van der Waals surface area contributed by atoms with E-state index in [1.807, 2.05) is 39.0 Å². The van der Waals surface area contributed by atoms with Gasteiger partial charge in [0.1, 0.15) is 17.0 Å². The molecule has 168 valence electrons. The van der Waals surface area contributed by atoms with Crippen LogP contribution >= 0.6 is 12.2 Å². The number of aromatic nitrogens is 1. The third-order valence-electron chi connectivity index (χ3n) is 5.19. The van der Waals surface area contributed by atoms with Crippen molar-refractivity contribution in [3.8, 4) is 23.0 Å². The molecule has 0 aliphatic rings. The van der Waals surface area contributed by atoms with E-state index in [1.54, 1.807) is 24.3 Å². The Labute approximate surface area is 196 Å². The number of oxazole rings is 1. The molecule has 0 fully saturated rings. The maximum Gasteiger partial charge on any atom is 0.261 e. The first kappa shape index (κ1) is 22.3. The predicted octanol–water partition coefficient (Wildman–Crippen LogP) is 5.26. The standard InChI is InChI=1S/C25H23N3O4S/c1-13-10-15(3)22-19(11-13)27-24(32-22)18-12-16(8-9-20(18)29)26-25(33)28-23(30)17-7-5-6-14(2)21(17)31-4/h5-12,29H,1-4H3,(H2,26,28,30,33). The number of hydrogen-bond acceptors (Lipinski definition) is 6. The van der Waals surface area contributed by atoms with E-state index in [9.17, 15) is 9.90 Å². The molecule has 33 heavy (non-hydrogen) atoms. The van der Waals surface area contributed by atoms with Gasteiger partial charge in [-0.25, -0.2) is 4.98 Å². The molecule has 8 heteroatoms. The molecule has 0 bridgehead atoms. The predicted molar refractivity (Wildman–Crippen MR) is 132 cm³/mol. The second kappa shape index (κ2) is 8.91. The van der Waals surface area contributed by atoms with Crippen molar-refractivity contribution < 1.29 is 19.1 Å². The van der Waals surface area contributed by atoms with Crippen LogP contribution in [-0.2, 0) is 0 Å². The number of nitrogens with zero attached hydrogens (tertiary/aromatic N) is 1. The van der Waals surface area contributed by atoms with Gasteiger partial charge in [0.2, 0.25) is 5.89 Å². The van der Waals surface area contributed by atoms with Gasteiger partial charge in [0.05, 0.1) is 18.2 Å². The minimum absolute atomic E-state index is 0.0148. The molecule has 3 aromatic carbocycles. The van der Waals surface area contributed by atoms with Gasteiger partial charge in [-0.3, -0.25) is 10.1 Å². The number of phenolic OH excluding ortho intramolecular Hbond substituents is 1. The van der Waals surface area contributed by atoms with Crippen LogP contribution in [0, 0.1) is 20.8 Å². The number of rotatable bonds is 4. The van der Waals surface area contributed by atoms with Gasteiger partial charge in [0, 0.05) is 5.69 Å². The van der Waals surface area contributed by atoms with Gasteiger partial charge >= 0.3 is 0 Å². The number of para-hydroxylation sites is 1. The first-order valence-electron chi connectivity index (χ1n) is 10.2. The second-order valence-electron chi connectivity index (χ2n) is 7.74. The summed E-state index contributed by atoms with van der Waals surface area (Å²) in [6.07, 6.45) is 0. The van der Waals surface area contributed by atoms with Crippen LogP contribution in [0.1, 0.15) is 27.0 Å². The number of nitrogens with one attached hydrogen (secondary N) is 2. The first-order chi connectivity index (χ1) is 15.8. The van der Waals surface area contributed by atoms with Crippen molar-refractivity contribution >= 4 is 40.0 Å². The van der Waals surface area contributed by atoms with Crippen molar-refractivity contribution in [3.63, 3.8) is 0 Å². The average Bonchev–Trinajstić information content (AvgIpc) is 3.19. The van der Waals surface area contributed by atoms with Gasteiger partial charge in [0.15, 0.2) is 10.7 Å². The molecule has 3 N–H and O–H groups in total. The summed E-state index contributed by atoms with van der Waals surface area (Å²) < 4.78 is 11.3. The number of thiocarbonyl (C=S) groups is 1. The van der Waals surface area contributed by atoms with Crippen LogP contribution in [0.4, 0.5) is 5.69 Å². The number of aromatic hydroxyl groups is 1. The van der Waals surface area contributed by atoms with Crippen molar-refractivity contribution in [1.29, 1.82) is 0 Å². The SMILES string of the molecule is COc1c(C)cccc1C(=O)NC(=S)Nc1ccc(O)c(-c2nc3cc(C)cc(C)c3o2)c1. The van der Waals surface area contributed by atoms with E-state index in [4.69, 9.17) is 21.4 Å². The molecule has 4 rings (SSSR count). The highest BCUT2D eigenvalue weighted by molar-refractivity contribution is 7.80. The minimum atomic E-state index is -0.392. The fraction of sp³-hybridized carbons (Fsp3) is 0.160. The van der Waals surface area contributed by atoms with E-state index in [0.29, 0.717) is 34.0 Å². The Kier molecular flexibility index (Phi) is 6.02. The number of carbonyl (C=O) groups is 1. The summed E-state index contributed by atoms with van der Waals surface area (Å²) >= 11 is 5.32. The summed E-state index contributed by atoms with van der Waals surface area (Å²) in [5.41, 5.74) is 5.61. The first-order valence-corrected chi connectivity index (χ1v) is 10.6. The summed E-state index contributed by atoms with van der Waals surface area (Å²) in [6.45, 7) is 5.80. The normalized spacial score (nSPS) is 10.8. The lowest BCUT2D eigenvalue weighted by Gasteiger charge is -2.13. The van der Waals surface area contributed by atoms with Crippen LogP contribution in [-0.4, -0.2) is 28.2 Å². The largest absolute Gasteiger partial charge is 0.507 e. The minimum Gasteiger partial charge on any atom is -0.507 e. The fourth-order valence-electron chi connectivity index (χ4n) is 3.71. The van der Waals surface area contributed by atoms with Gasteiger partial charge in [0.25, 0.3) is 5.91 Å². The van der Waals surface area contributed by atoms with E-state index in [2.05, 4.69) is 15.6 Å². The van der Waals surface area contributed by atoms with Crippen LogP contribution in [0.15, 0.2) is 52.9 Å². The molecule has 0 aliphatic heterocycles.